The molecule has 5 nitrogen and oxygen atoms in total. The highest BCUT2D eigenvalue weighted by atomic mass is 15.4. The Morgan fingerprint density at radius 1 is 0.590 bits per heavy atom. The van der Waals surface area contributed by atoms with Crippen molar-refractivity contribution in [3.63, 3.8) is 0 Å². The van der Waals surface area contributed by atoms with Gasteiger partial charge in [-0.2, -0.15) is 0 Å². The minimum absolute atomic E-state index is 0.641. The molecule has 0 N–H and O–H groups in total. The summed E-state index contributed by atoms with van der Waals surface area (Å²) in [5.41, 5.74) is 4.22. The predicted octanol–water partition coefficient (Wildman–Crippen LogP) is 7.39. The summed E-state index contributed by atoms with van der Waals surface area (Å²) in [6, 6.07) is 34.7. The molecule has 5 aromatic carbocycles. The van der Waals surface area contributed by atoms with E-state index in [2.05, 4.69) is 134 Å². The number of rotatable bonds is 3. The number of aromatic nitrogens is 3. The SMILES string of the molecule is C1=CCN2C(=C1)N(c1ccccc1)C(c1ncncn1)=C2c1ccc2c3ccccc3c3ccccc3c2c1. The van der Waals surface area contributed by atoms with Crippen molar-refractivity contribution in [3.05, 3.63) is 145 Å². The average Bonchev–Trinajstić information content (AvgIpc) is 3.37. The van der Waals surface area contributed by atoms with Crippen molar-refractivity contribution in [3.8, 4) is 0 Å². The first-order chi connectivity index (χ1) is 19.4. The Balaban J connectivity index is 1.46. The van der Waals surface area contributed by atoms with Gasteiger partial charge in [0.15, 0.2) is 5.82 Å². The van der Waals surface area contributed by atoms with E-state index in [1.807, 2.05) is 6.07 Å². The molecule has 0 unspecified atom stereocenters. The lowest BCUT2D eigenvalue weighted by Gasteiger charge is -2.28. The molecule has 0 aliphatic carbocycles. The number of fused-ring (bicyclic) bond motifs is 7. The van der Waals surface area contributed by atoms with Crippen molar-refractivity contribution in [2.75, 3.05) is 11.4 Å². The third-order valence-electron chi connectivity index (χ3n) is 7.63. The van der Waals surface area contributed by atoms with Gasteiger partial charge in [-0.25, -0.2) is 15.0 Å². The molecule has 6 aromatic rings. The normalized spacial score (nSPS) is 14.9. The van der Waals surface area contributed by atoms with Crippen molar-refractivity contribution < 1.29 is 0 Å². The van der Waals surface area contributed by atoms with Gasteiger partial charge in [0, 0.05) is 17.8 Å². The second kappa shape index (κ2) is 8.64. The van der Waals surface area contributed by atoms with Crippen molar-refractivity contribution in [1.29, 1.82) is 0 Å². The fourth-order valence-electron chi connectivity index (χ4n) is 6.01. The van der Waals surface area contributed by atoms with Crippen LogP contribution in [-0.2, 0) is 0 Å². The van der Waals surface area contributed by atoms with Crippen LogP contribution in [0.15, 0.2) is 134 Å². The number of benzene rings is 5. The van der Waals surface area contributed by atoms with Gasteiger partial charge >= 0.3 is 0 Å². The van der Waals surface area contributed by atoms with Gasteiger partial charge in [-0.3, -0.25) is 4.90 Å². The first kappa shape index (κ1) is 21.8. The van der Waals surface area contributed by atoms with Crippen molar-refractivity contribution >= 4 is 49.4 Å². The first-order valence-electron chi connectivity index (χ1n) is 13.1. The molecule has 0 saturated carbocycles. The molecule has 3 heterocycles. The van der Waals surface area contributed by atoms with Gasteiger partial charge in [-0.05, 0) is 56.6 Å². The zero-order valence-corrected chi connectivity index (χ0v) is 21.1. The van der Waals surface area contributed by atoms with Gasteiger partial charge in [-0.1, -0.05) is 91.0 Å². The minimum Gasteiger partial charge on any atom is -0.321 e. The van der Waals surface area contributed by atoms with Gasteiger partial charge in [0.2, 0.25) is 0 Å². The number of allylic oxidation sites excluding steroid dienone is 2. The standard InChI is InChI=1S/C34H23N5/c1-2-10-24(11-3-1)39-31-16-8-9-19-38(31)32(33(39)34-36-21-35-22-37-34)23-17-18-29-27-14-5-4-12-25(27)26-13-6-7-15-28(26)30(29)20-23/h1-18,20-22H,19H2. The molecular weight excluding hydrogens is 478 g/mol. The summed E-state index contributed by atoms with van der Waals surface area (Å²) in [5.74, 6) is 1.72. The maximum atomic E-state index is 4.63. The van der Waals surface area contributed by atoms with Crippen LogP contribution in [0.2, 0.25) is 0 Å². The Hall–Kier alpha value is -5.29. The van der Waals surface area contributed by atoms with Crippen LogP contribution in [0.1, 0.15) is 11.4 Å². The number of hydrogen-bond donors (Lipinski definition) is 0. The van der Waals surface area contributed by atoms with E-state index in [1.165, 1.54) is 32.3 Å². The lowest BCUT2D eigenvalue weighted by molar-refractivity contribution is 0.546. The Labute approximate surface area is 225 Å². The third-order valence-corrected chi connectivity index (χ3v) is 7.63. The van der Waals surface area contributed by atoms with E-state index >= 15 is 0 Å². The second-order valence-corrected chi connectivity index (χ2v) is 9.75. The van der Waals surface area contributed by atoms with E-state index in [-0.39, 0.29) is 0 Å². The van der Waals surface area contributed by atoms with Gasteiger partial charge in [0.25, 0.3) is 0 Å². The molecule has 0 radical (unpaired) electrons. The van der Waals surface area contributed by atoms with Gasteiger partial charge in [0.05, 0.1) is 5.70 Å². The van der Waals surface area contributed by atoms with E-state index in [1.54, 1.807) is 12.7 Å². The molecule has 1 aromatic heterocycles. The minimum atomic E-state index is 0.641. The number of para-hydroxylation sites is 1. The molecule has 0 spiro atoms. The molecule has 5 heteroatoms. The lowest BCUT2D eigenvalue weighted by Crippen LogP contribution is -2.26. The van der Waals surface area contributed by atoms with E-state index in [0.717, 1.165) is 35.0 Å². The molecule has 0 amide bonds. The summed E-state index contributed by atoms with van der Waals surface area (Å²) in [6.07, 6.45) is 9.61. The topological polar surface area (TPSA) is 45.2 Å². The molecule has 2 aliphatic heterocycles. The zero-order chi connectivity index (χ0) is 25.8. The van der Waals surface area contributed by atoms with Crippen molar-refractivity contribution in [2.24, 2.45) is 0 Å². The summed E-state index contributed by atoms with van der Waals surface area (Å²) in [4.78, 5) is 18.0. The quantitative estimate of drug-likeness (QED) is 0.237. The van der Waals surface area contributed by atoms with Crippen LogP contribution in [0.25, 0.3) is 43.7 Å². The van der Waals surface area contributed by atoms with Crippen LogP contribution in [0, 0.1) is 0 Å². The Kier molecular flexibility index (Phi) is 4.82. The van der Waals surface area contributed by atoms with E-state index in [4.69, 9.17) is 0 Å². The molecule has 39 heavy (non-hydrogen) atoms. The Morgan fingerprint density at radius 3 is 1.90 bits per heavy atom. The fraction of sp³-hybridized carbons (Fsp3) is 0.0294. The molecule has 0 fully saturated rings. The fourth-order valence-corrected chi connectivity index (χ4v) is 6.01. The molecule has 2 aliphatic rings. The summed E-state index contributed by atoms with van der Waals surface area (Å²) < 4.78 is 0. The maximum Gasteiger partial charge on any atom is 0.181 e. The van der Waals surface area contributed by atoms with E-state index in [9.17, 15) is 0 Å². The monoisotopic (exact) mass is 501 g/mol. The van der Waals surface area contributed by atoms with Gasteiger partial charge < -0.3 is 4.90 Å². The Morgan fingerprint density at radius 2 is 1.21 bits per heavy atom. The van der Waals surface area contributed by atoms with E-state index in [0.29, 0.717) is 5.82 Å². The van der Waals surface area contributed by atoms with Crippen molar-refractivity contribution in [2.45, 2.75) is 0 Å². The molecule has 0 bridgehead atoms. The smallest absolute Gasteiger partial charge is 0.181 e. The van der Waals surface area contributed by atoms with Crippen LogP contribution in [-0.4, -0.2) is 26.4 Å². The molecule has 184 valence electrons. The second-order valence-electron chi connectivity index (χ2n) is 9.75. The summed E-state index contributed by atoms with van der Waals surface area (Å²) in [5, 5.41) is 7.55. The average molecular weight is 502 g/mol. The number of hydrogen-bond acceptors (Lipinski definition) is 5. The van der Waals surface area contributed by atoms with Gasteiger partial charge in [-0.15, -0.1) is 0 Å². The summed E-state index contributed by atoms with van der Waals surface area (Å²) in [6.45, 7) is 0.760. The van der Waals surface area contributed by atoms with Crippen LogP contribution in [0.4, 0.5) is 5.69 Å². The molecule has 8 rings (SSSR count). The highest BCUT2D eigenvalue weighted by Gasteiger charge is 2.38. The number of nitrogens with zero attached hydrogens (tertiary/aromatic N) is 5. The highest BCUT2D eigenvalue weighted by molar-refractivity contribution is 6.25. The predicted molar refractivity (Wildman–Crippen MR) is 158 cm³/mol. The van der Waals surface area contributed by atoms with Crippen LogP contribution < -0.4 is 4.90 Å². The molecular formula is C34H23N5. The van der Waals surface area contributed by atoms with E-state index < -0.39 is 0 Å². The first-order valence-corrected chi connectivity index (χ1v) is 13.1. The van der Waals surface area contributed by atoms with Crippen LogP contribution in [0.3, 0.4) is 0 Å². The molecule has 0 saturated heterocycles. The lowest BCUT2D eigenvalue weighted by atomic mass is 9.92. The summed E-state index contributed by atoms with van der Waals surface area (Å²) >= 11 is 0. The highest BCUT2D eigenvalue weighted by Crippen LogP contribution is 2.46. The maximum absolute atomic E-state index is 4.63. The van der Waals surface area contributed by atoms with Crippen molar-refractivity contribution in [1.82, 2.24) is 19.9 Å². The van der Waals surface area contributed by atoms with Crippen LogP contribution in [0.5, 0.6) is 0 Å². The Bertz CT molecular complexity index is 1960. The number of anilines is 1. The van der Waals surface area contributed by atoms with Crippen LogP contribution >= 0.6 is 0 Å². The van der Waals surface area contributed by atoms with Gasteiger partial charge in [0.1, 0.15) is 24.2 Å². The zero-order valence-electron chi connectivity index (χ0n) is 21.1. The summed E-state index contributed by atoms with van der Waals surface area (Å²) in [7, 11) is 0. The molecule has 0 atom stereocenters. The largest absolute Gasteiger partial charge is 0.321 e. The third kappa shape index (κ3) is 3.30.